The zero-order valence-electron chi connectivity index (χ0n) is 16.2. The van der Waals surface area contributed by atoms with Crippen LogP contribution in [0.4, 0.5) is 0 Å². The number of esters is 1. The maximum Gasteiger partial charge on any atom is 0.380 e. The molecule has 2 aromatic carbocycles. The van der Waals surface area contributed by atoms with E-state index in [1.807, 2.05) is 30.3 Å². The number of Topliss-reactive ketones (excluding diaryl/α,β-unsaturated/α-hetero) is 1. The lowest BCUT2D eigenvalue weighted by molar-refractivity contribution is -0.139. The van der Waals surface area contributed by atoms with Gasteiger partial charge in [-0.2, -0.15) is 5.10 Å². The monoisotopic (exact) mass is 390 g/mol. The molecular formula is C22H18N2O5. The molecule has 0 unspecified atom stereocenters. The van der Waals surface area contributed by atoms with Gasteiger partial charge < -0.3 is 9.15 Å². The van der Waals surface area contributed by atoms with E-state index in [0.717, 1.165) is 10.8 Å². The van der Waals surface area contributed by atoms with E-state index in [9.17, 15) is 14.4 Å². The van der Waals surface area contributed by atoms with Gasteiger partial charge in [0.2, 0.25) is 0 Å². The van der Waals surface area contributed by atoms with E-state index in [2.05, 4.69) is 5.10 Å². The summed E-state index contributed by atoms with van der Waals surface area (Å²) in [5.74, 6) is -1.75. The van der Waals surface area contributed by atoms with E-state index < -0.39 is 17.4 Å². The Labute approximate surface area is 165 Å². The molecule has 146 valence electrons. The Morgan fingerprint density at radius 3 is 2.62 bits per heavy atom. The number of hydrogen-bond donors (Lipinski definition) is 0. The predicted octanol–water partition coefficient (Wildman–Crippen LogP) is 3.22. The highest BCUT2D eigenvalue weighted by molar-refractivity contribution is 6.41. The lowest BCUT2D eigenvalue weighted by Gasteiger charge is -2.09. The minimum absolute atomic E-state index is 0.223. The summed E-state index contributed by atoms with van der Waals surface area (Å²) in [7, 11) is 1.70. The molecular weight excluding hydrogens is 372 g/mol. The van der Waals surface area contributed by atoms with Crippen molar-refractivity contribution in [3.8, 4) is 0 Å². The van der Waals surface area contributed by atoms with Gasteiger partial charge in [-0.05, 0) is 30.7 Å². The largest absolute Gasteiger partial charge is 0.455 e. The lowest BCUT2D eigenvalue weighted by atomic mass is 10.0. The van der Waals surface area contributed by atoms with Crippen molar-refractivity contribution in [3.05, 3.63) is 75.4 Å². The third-order valence-corrected chi connectivity index (χ3v) is 4.99. The smallest absolute Gasteiger partial charge is 0.380 e. The van der Waals surface area contributed by atoms with Gasteiger partial charge in [0.25, 0.3) is 5.78 Å². The number of nitrogens with zero attached hydrogens (tertiary/aromatic N) is 2. The summed E-state index contributed by atoms with van der Waals surface area (Å²) in [6.07, 6.45) is 0. The number of carbonyl (C=O) groups is 2. The Bertz CT molecular complexity index is 1350. The molecule has 0 saturated carbocycles. The molecule has 0 fully saturated rings. The van der Waals surface area contributed by atoms with E-state index in [-0.39, 0.29) is 12.2 Å². The number of aryl methyl sites for hydroxylation is 2. The van der Waals surface area contributed by atoms with Gasteiger partial charge in [-0.3, -0.25) is 9.48 Å². The summed E-state index contributed by atoms with van der Waals surface area (Å²) in [6.45, 7) is 3.15. The fourth-order valence-electron chi connectivity index (χ4n) is 3.55. The first-order chi connectivity index (χ1) is 13.9. The Kier molecular flexibility index (Phi) is 4.50. The van der Waals surface area contributed by atoms with Crippen LogP contribution in [0.3, 0.4) is 0 Å². The molecule has 0 radical (unpaired) electrons. The molecule has 7 heteroatoms. The number of rotatable bonds is 4. The van der Waals surface area contributed by atoms with Crippen molar-refractivity contribution < 1.29 is 18.7 Å². The molecule has 0 amide bonds. The molecule has 0 aliphatic rings. The van der Waals surface area contributed by atoms with Crippen LogP contribution in [0.25, 0.3) is 21.7 Å². The van der Waals surface area contributed by atoms with Crippen molar-refractivity contribution in [2.45, 2.75) is 20.5 Å². The third-order valence-electron chi connectivity index (χ3n) is 4.99. The van der Waals surface area contributed by atoms with E-state index in [0.29, 0.717) is 27.9 Å². The second-order valence-electron chi connectivity index (χ2n) is 6.83. The summed E-state index contributed by atoms with van der Waals surface area (Å²) in [6, 6.07) is 12.5. The molecule has 2 heterocycles. The van der Waals surface area contributed by atoms with Crippen LogP contribution in [0.1, 0.15) is 27.3 Å². The fraction of sp³-hybridized carbons (Fsp3) is 0.182. The number of ketones is 1. The van der Waals surface area contributed by atoms with Gasteiger partial charge in [-0.1, -0.05) is 30.3 Å². The Balaban J connectivity index is 1.69. The molecule has 7 nitrogen and oxygen atoms in total. The SMILES string of the molecule is Cc1nn(C)c(C)c1C(=O)C(=O)OCc1cc(=O)oc2ccc3ccccc3c12. The zero-order chi connectivity index (χ0) is 20.7. The minimum Gasteiger partial charge on any atom is -0.455 e. The first-order valence-electron chi connectivity index (χ1n) is 9.03. The van der Waals surface area contributed by atoms with Gasteiger partial charge in [0, 0.05) is 29.8 Å². The average Bonchev–Trinajstić information content (AvgIpc) is 2.96. The van der Waals surface area contributed by atoms with Gasteiger partial charge in [-0.25, -0.2) is 9.59 Å². The van der Waals surface area contributed by atoms with Crippen LogP contribution in [-0.4, -0.2) is 21.5 Å². The van der Waals surface area contributed by atoms with Gasteiger partial charge >= 0.3 is 11.6 Å². The quantitative estimate of drug-likeness (QED) is 0.175. The van der Waals surface area contributed by atoms with E-state index in [1.165, 1.54) is 10.7 Å². The standard InChI is InChI=1S/C22H18N2O5/c1-12-19(13(2)24(3)23-12)21(26)22(27)28-11-15-10-18(25)29-17-9-8-14-6-4-5-7-16(14)20(15)17/h4-10H,11H2,1-3H3. The summed E-state index contributed by atoms with van der Waals surface area (Å²) in [5.41, 5.74) is 1.61. The van der Waals surface area contributed by atoms with E-state index >= 15 is 0 Å². The number of benzene rings is 2. The molecule has 0 atom stereocenters. The van der Waals surface area contributed by atoms with Gasteiger partial charge in [0.15, 0.2) is 0 Å². The van der Waals surface area contributed by atoms with Crippen molar-refractivity contribution in [3.63, 3.8) is 0 Å². The molecule has 0 N–H and O–H groups in total. The van der Waals surface area contributed by atoms with Crippen molar-refractivity contribution in [2.75, 3.05) is 0 Å². The fourth-order valence-corrected chi connectivity index (χ4v) is 3.55. The second-order valence-corrected chi connectivity index (χ2v) is 6.83. The summed E-state index contributed by atoms with van der Waals surface area (Å²) in [5, 5.41) is 6.65. The number of hydrogen-bond acceptors (Lipinski definition) is 6. The second kappa shape index (κ2) is 7.01. The first kappa shape index (κ1) is 18.6. The molecule has 0 spiro atoms. The maximum absolute atomic E-state index is 12.6. The number of fused-ring (bicyclic) bond motifs is 3. The Hall–Kier alpha value is -3.74. The number of ether oxygens (including phenoxy) is 1. The third kappa shape index (κ3) is 3.20. The van der Waals surface area contributed by atoms with Crippen molar-refractivity contribution in [1.82, 2.24) is 9.78 Å². The van der Waals surface area contributed by atoms with Gasteiger partial charge in [0.1, 0.15) is 12.2 Å². The summed E-state index contributed by atoms with van der Waals surface area (Å²) >= 11 is 0. The van der Waals surface area contributed by atoms with Crippen LogP contribution < -0.4 is 5.63 Å². The Morgan fingerprint density at radius 2 is 1.90 bits per heavy atom. The molecule has 0 aliphatic heterocycles. The molecule has 2 aromatic heterocycles. The van der Waals surface area contributed by atoms with Crippen molar-refractivity contribution >= 4 is 33.5 Å². The Morgan fingerprint density at radius 1 is 1.14 bits per heavy atom. The van der Waals surface area contributed by atoms with E-state index in [4.69, 9.17) is 9.15 Å². The van der Waals surface area contributed by atoms with Crippen LogP contribution in [-0.2, 0) is 23.2 Å². The van der Waals surface area contributed by atoms with Gasteiger partial charge in [-0.15, -0.1) is 0 Å². The highest BCUT2D eigenvalue weighted by Gasteiger charge is 2.25. The molecule has 0 aliphatic carbocycles. The highest BCUT2D eigenvalue weighted by Crippen LogP contribution is 2.28. The molecule has 4 aromatic rings. The predicted molar refractivity (Wildman–Crippen MR) is 107 cm³/mol. The van der Waals surface area contributed by atoms with Crippen LogP contribution in [0.2, 0.25) is 0 Å². The lowest BCUT2D eigenvalue weighted by Crippen LogP contribution is -2.19. The molecule has 0 bridgehead atoms. The molecule has 0 saturated heterocycles. The van der Waals surface area contributed by atoms with Crippen LogP contribution in [0, 0.1) is 13.8 Å². The number of carbonyl (C=O) groups excluding carboxylic acids is 2. The summed E-state index contributed by atoms with van der Waals surface area (Å²) in [4.78, 5) is 36.9. The van der Waals surface area contributed by atoms with E-state index in [1.54, 1.807) is 27.0 Å². The van der Waals surface area contributed by atoms with Crippen molar-refractivity contribution in [1.29, 1.82) is 0 Å². The van der Waals surface area contributed by atoms with Crippen LogP contribution in [0.5, 0.6) is 0 Å². The number of aromatic nitrogens is 2. The average molecular weight is 390 g/mol. The topological polar surface area (TPSA) is 91.4 Å². The summed E-state index contributed by atoms with van der Waals surface area (Å²) < 4.78 is 12.1. The van der Waals surface area contributed by atoms with Crippen LogP contribution in [0.15, 0.2) is 51.7 Å². The van der Waals surface area contributed by atoms with Crippen molar-refractivity contribution in [2.24, 2.45) is 7.05 Å². The molecule has 4 rings (SSSR count). The zero-order valence-corrected chi connectivity index (χ0v) is 16.2. The molecule has 29 heavy (non-hydrogen) atoms. The highest BCUT2D eigenvalue weighted by atomic mass is 16.5. The first-order valence-corrected chi connectivity index (χ1v) is 9.03. The van der Waals surface area contributed by atoms with Crippen LogP contribution >= 0.6 is 0 Å². The maximum atomic E-state index is 12.6. The van der Waals surface area contributed by atoms with Gasteiger partial charge in [0.05, 0.1) is 11.3 Å². The minimum atomic E-state index is -0.995. The normalized spacial score (nSPS) is 11.1.